The highest BCUT2D eigenvalue weighted by Gasteiger charge is 2.25. The summed E-state index contributed by atoms with van der Waals surface area (Å²) >= 11 is 14.1. The van der Waals surface area contributed by atoms with Crippen LogP contribution in [0.2, 0.25) is 10.0 Å². The minimum atomic E-state index is 0.635. The van der Waals surface area contributed by atoms with Crippen LogP contribution in [0.25, 0.3) is 16.3 Å². The molecule has 3 aromatic rings. The van der Waals surface area contributed by atoms with Gasteiger partial charge in [-0.05, 0) is 36.1 Å². The third-order valence-electron chi connectivity index (χ3n) is 3.54. The highest BCUT2D eigenvalue weighted by atomic mass is 35.5. The van der Waals surface area contributed by atoms with Crippen LogP contribution in [0.4, 0.5) is 5.82 Å². The molecule has 2 aromatic heterocycles. The molecule has 6 heteroatoms. The Labute approximate surface area is 136 Å². The lowest BCUT2D eigenvalue weighted by Gasteiger charge is -2.08. The molecule has 1 N–H and O–H groups in total. The van der Waals surface area contributed by atoms with Crippen LogP contribution in [0.15, 0.2) is 35.7 Å². The lowest BCUT2D eigenvalue weighted by molar-refractivity contribution is 0.884. The molecule has 3 heterocycles. The van der Waals surface area contributed by atoms with Crippen molar-refractivity contribution in [2.24, 2.45) is 0 Å². The third kappa shape index (κ3) is 2.14. The van der Waals surface area contributed by atoms with Gasteiger partial charge in [0.15, 0.2) is 0 Å². The fraction of sp³-hybridized carbons (Fsp3) is 0.133. The first-order valence-electron chi connectivity index (χ1n) is 6.59. The van der Waals surface area contributed by atoms with E-state index in [1.807, 2.05) is 16.8 Å². The average Bonchev–Trinajstić information content (AvgIpc) is 3.16. The van der Waals surface area contributed by atoms with E-state index in [-0.39, 0.29) is 0 Å². The first-order valence-corrected chi connectivity index (χ1v) is 8.22. The summed E-state index contributed by atoms with van der Waals surface area (Å²) in [4.78, 5) is 1.17. The van der Waals surface area contributed by atoms with E-state index in [0.29, 0.717) is 10.0 Å². The summed E-state index contributed by atoms with van der Waals surface area (Å²) in [5.74, 6) is 1.02. The van der Waals surface area contributed by atoms with Crippen molar-refractivity contribution < 1.29 is 0 Å². The maximum Gasteiger partial charge on any atom is 0.133 e. The maximum atomic E-state index is 6.32. The van der Waals surface area contributed by atoms with E-state index in [4.69, 9.17) is 28.3 Å². The molecule has 4 rings (SSSR count). The number of nitrogens with zero attached hydrogens (tertiary/aromatic N) is 2. The van der Waals surface area contributed by atoms with Gasteiger partial charge in [-0.25, -0.2) is 4.68 Å². The molecule has 3 nitrogen and oxygen atoms in total. The van der Waals surface area contributed by atoms with Gasteiger partial charge in [-0.15, -0.1) is 11.3 Å². The van der Waals surface area contributed by atoms with Gasteiger partial charge in [-0.3, -0.25) is 0 Å². The number of anilines is 1. The van der Waals surface area contributed by atoms with Crippen LogP contribution in [0.3, 0.4) is 0 Å². The Morgan fingerprint density at radius 2 is 2.14 bits per heavy atom. The van der Waals surface area contributed by atoms with Gasteiger partial charge < -0.3 is 5.32 Å². The number of hydrogen-bond donors (Lipinski definition) is 1. The first kappa shape index (κ1) is 13.2. The number of rotatable bonds is 2. The highest BCUT2D eigenvalue weighted by Crippen LogP contribution is 2.38. The van der Waals surface area contributed by atoms with Gasteiger partial charge in [0, 0.05) is 17.1 Å². The molecule has 0 aliphatic carbocycles. The van der Waals surface area contributed by atoms with E-state index >= 15 is 0 Å². The molecule has 106 valence electrons. The van der Waals surface area contributed by atoms with Crippen molar-refractivity contribution in [2.75, 3.05) is 11.9 Å². The minimum absolute atomic E-state index is 0.635. The molecule has 0 unspecified atom stereocenters. The zero-order valence-electron chi connectivity index (χ0n) is 10.9. The molecule has 0 fully saturated rings. The van der Waals surface area contributed by atoms with Gasteiger partial charge in [0.25, 0.3) is 0 Å². The lowest BCUT2D eigenvalue weighted by atomic mass is 10.2. The molecule has 0 atom stereocenters. The van der Waals surface area contributed by atoms with Gasteiger partial charge in [-0.1, -0.05) is 29.3 Å². The summed E-state index contributed by atoms with van der Waals surface area (Å²) in [5, 5.41) is 11.5. The molecule has 0 amide bonds. The number of hydrogen-bond acceptors (Lipinski definition) is 3. The van der Waals surface area contributed by atoms with Crippen molar-refractivity contribution in [1.29, 1.82) is 0 Å². The average molecular weight is 336 g/mol. The van der Waals surface area contributed by atoms with Crippen molar-refractivity contribution in [3.8, 4) is 16.3 Å². The molecule has 0 spiro atoms. The zero-order chi connectivity index (χ0) is 14.4. The molecule has 1 aliphatic rings. The van der Waals surface area contributed by atoms with Crippen molar-refractivity contribution in [1.82, 2.24) is 9.78 Å². The highest BCUT2D eigenvalue weighted by molar-refractivity contribution is 7.13. The van der Waals surface area contributed by atoms with Crippen molar-refractivity contribution in [3.63, 3.8) is 0 Å². The fourth-order valence-electron chi connectivity index (χ4n) is 2.61. The number of fused-ring (bicyclic) bond motifs is 1. The normalized spacial score (nSPS) is 13.2. The van der Waals surface area contributed by atoms with E-state index in [9.17, 15) is 0 Å². The second kappa shape index (κ2) is 5.05. The summed E-state index contributed by atoms with van der Waals surface area (Å²) in [5.41, 5.74) is 3.08. The predicted molar refractivity (Wildman–Crippen MR) is 89.1 cm³/mol. The fourth-order valence-corrected chi connectivity index (χ4v) is 3.71. The van der Waals surface area contributed by atoms with Crippen molar-refractivity contribution in [2.45, 2.75) is 6.42 Å². The number of aromatic nitrogens is 2. The Balaban J connectivity index is 1.95. The summed E-state index contributed by atoms with van der Waals surface area (Å²) in [7, 11) is 0. The lowest BCUT2D eigenvalue weighted by Crippen LogP contribution is -2.04. The van der Waals surface area contributed by atoms with Crippen LogP contribution >= 0.6 is 34.5 Å². The van der Waals surface area contributed by atoms with Gasteiger partial charge >= 0.3 is 0 Å². The first-order chi connectivity index (χ1) is 10.2. The number of halogens is 2. The minimum Gasteiger partial charge on any atom is -0.369 e. The second-order valence-electron chi connectivity index (χ2n) is 4.84. The molecular weight excluding hydrogens is 325 g/mol. The van der Waals surface area contributed by atoms with Gasteiger partial charge in [0.05, 0.1) is 15.6 Å². The van der Waals surface area contributed by atoms with E-state index in [1.54, 1.807) is 23.5 Å². The van der Waals surface area contributed by atoms with Crippen molar-refractivity contribution >= 4 is 40.4 Å². The predicted octanol–water partition coefficient (Wildman–Crippen LogP) is 4.88. The molecule has 21 heavy (non-hydrogen) atoms. The van der Waals surface area contributed by atoms with Crippen LogP contribution in [-0.4, -0.2) is 16.3 Å². The maximum absolute atomic E-state index is 6.32. The smallest absolute Gasteiger partial charge is 0.133 e. The van der Waals surface area contributed by atoms with E-state index in [0.717, 1.165) is 30.2 Å². The molecule has 0 saturated carbocycles. The van der Waals surface area contributed by atoms with Crippen molar-refractivity contribution in [3.05, 3.63) is 51.3 Å². The number of benzene rings is 1. The van der Waals surface area contributed by atoms with Crippen LogP contribution in [0.1, 0.15) is 5.56 Å². The van der Waals surface area contributed by atoms with E-state index in [1.165, 1.54) is 10.4 Å². The van der Waals surface area contributed by atoms with Crippen LogP contribution in [0.5, 0.6) is 0 Å². The zero-order valence-corrected chi connectivity index (χ0v) is 13.3. The van der Waals surface area contributed by atoms with E-state index in [2.05, 4.69) is 16.8 Å². The Morgan fingerprint density at radius 3 is 2.95 bits per heavy atom. The quantitative estimate of drug-likeness (QED) is 0.723. The molecule has 1 aliphatic heterocycles. The van der Waals surface area contributed by atoms with E-state index < -0.39 is 0 Å². The number of thiophene rings is 1. The van der Waals surface area contributed by atoms with Crippen LogP contribution in [-0.2, 0) is 6.42 Å². The SMILES string of the molecule is Clc1ccc(Cl)c(-n2nc(-c3cccs3)c3c2NCC3)c1. The molecule has 0 bridgehead atoms. The van der Waals surface area contributed by atoms with Gasteiger partial charge in [0.2, 0.25) is 0 Å². The Kier molecular flexibility index (Phi) is 3.17. The largest absolute Gasteiger partial charge is 0.369 e. The summed E-state index contributed by atoms with van der Waals surface area (Å²) < 4.78 is 1.87. The standard InChI is InChI=1S/C15H11Cl2N3S/c16-9-3-4-11(17)12(8-9)20-15-10(5-6-18-15)14(19-20)13-2-1-7-21-13/h1-4,7-8,18H,5-6H2. The summed E-state index contributed by atoms with van der Waals surface area (Å²) in [6.07, 6.45) is 0.973. The van der Waals surface area contributed by atoms with Gasteiger partial charge in [-0.2, -0.15) is 5.10 Å². The van der Waals surface area contributed by atoms with Crippen LogP contribution in [0, 0.1) is 0 Å². The molecular formula is C15H11Cl2N3S. The summed E-state index contributed by atoms with van der Waals surface area (Å²) in [6, 6.07) is 9.56. The topological polar surface area (TPSA) is 29.9 Å². The Bertz CT molecular complexity index is 809. The monoisotopic (exact) mass is 335 g/mol. The second-order valence-corrected chi connectivity index (χ2v) is 6.63. The summed E-state index contributed by atoms with van der Waals surface area (Å²) in [6.45, 7) is 0.920. The Hall–Kier alpha value is -1.49. The molecule has 0 radical (unpaired) electrons. The number of nitrogens with one attached hydrogen (secondary N) is 1. The van der Waals surface area contributed by atoms with Gasteiger partial charge in [0.1, 0.15) is 11.5 Å². The van der Waals surface area contributed by atoms with Crippen LogP contribution < -0.4 is 5.32 Å². The third-order valence-corrected chi connectivity index (χ3v) is 4.97. The molecule has 1 aromatic carbocycles. The molecule has 0 saturated heterocycles. The Morgan fingerprint density at radius 1 is 1.24 bits per heavy atom.